The second-order valence-corrected chi connectivity index (χ2v) is 5.45. The molecule has 0 unspecified atom stereocenters. The van der Waals surface area contributed by atoms with Gasteiger partial charge in [0.25, 0.3) is 0 Å². The van der Waals surface area contributed by atoms with E-state index in [1.165, 1.54) is 0 Å². The van der Waals surface area contributed by atoms with Crippen molar-refractivity contribution in [3.63, 3.8) is 0 Å². The number of amides is 2. The van der Waals surface area contributed by atoms with Crippen LogP contribution in [0, 0.1) is 11.3 Å². The van der Waals surface area contributed by atoms with Gasteiger partial charge in [0.1, 0.15) is 0 Å². The Kier molecular flexibility index (Phi) is 3.94. The van der Waals surface area contributed by atoms with E-state index in [-0.39, 0.29) is 23.1 Å². The highest BCUT2D eigenvalue weighted by Gasteiger charge is 2.32. The van der Waals surface area contributed by atoms with E-state index >= 15 is 0 Å². The second kappa shape index (κ2) is 4.85. The first-order valence-corrected chi connectivity index (χ1v) is 5.87. The molecule has 1 fully saturated rings. The summed E-state index contributed by atoms with van der Waals surface area (Å²) >= 11 is 0. The van der Waals surface area contributed by atoms with Crippen LogP contribution in [0.15, 0.2) is 0 Å². The zero-order chi connectivity index (χ0) is 12.3. The van der Waals surface area contributed by atoms with Crippen LogP contribution < -0.4 is 5.32 Å². The SMILES string of the molecule is CNC(=O)[C@H]1CCCN(C(=O)C(C)(C)C)C1. The van der Waals surface area contributed by atoms with Crippen molar-refractivity contribution in [2.75, 3.05) is 20.1 Å². The van der Waals surface area contributed by atoms with Crippen molar-refractivity contribution >= 4 is 11.8 Å². The summed E-state index contributed by atoms with van der Waals surface area (Å²) in [6.07, 6.45) is 1.80. The first kappa shape index (κ1) is 13.0. The normalized spacial score (nSPS) is 21.8. The van der Waals surface area contributed by atoms with Crippen LogP contribution in [0.25, 0.3) is 0 Å². The van der Waals surface area contributed by atoms with Crippen molar-refractivity contribution in [3.05, 3.63) is 0 Å². The maximum absolute atomic E-state index is 12.1. The van der Waals surface area contributed by atoms with Crippen LogP contribution in [-0.2, 0) is 9.59 Å². The van der Waals surface area contributed by atoms with Crippen LogP contribution in [0.5, 0.6) is 0 Å². The smallest absolute Gasteiger partial charge is 0.227 e. The van der Waals surface area contributed by atoms with Crippen molar-refractivity contribution in [2.45, 2.75) is 33.6 Å². The van der Waals surface area contributed by atoms with Crippen LogP contribution in [0.4, 0.5) is 0 Å². The summed E-state index contributed by atoms with van der Waals surface area (Å²) in [5.74, 6) is 0.151. The van der Waals surface area contributed by atoms with Gasteiger partial charge in [0.05, 0.1) is 5.92 Å². The molecule has 4 heteroatoms. The molecule has 1 rings (SSSR count). The topological polar surface area (TPSA) is 49.4 Å². The molecule has 0 aromatic heterocycles. The zero-order valence-corrected chi connectivity index (χ0v) is 10.7. The summed E-state index contributed by atoms with van der Waals surface area (Å²) in [7, 11) is 1.65. The van der Waals surface area contributed by atoms with E-state index < -0.39 is 0 Å². The number of piperidine rings is 1. The number of nitrogens with one attached hydrogen (secondary N) is 1. The molecular weight excluding hydrogens is 204 g/mol. The Morgan fingerprint density at radius 2 is 1.94 bits per heavy atom. The minimum absolute atomic E-state index is 0.0370. The van der Waals surface area contributed by atoms with Crippen LogP contribution >= 0.6 is 0 Å². The van der Waals surface area contributed by atoms with Crippen LogP contribution in [0.2, 0.25) is 0 Å². The predicted molar refractivity (Wildman–Crippen MR) is 62.8 cm³/mol. The molecule has 0 radical (unpaired) electrons. The summed E-state index contributed by atoms with van der Waals surface area (Å²) in [6.45, 7) is 7.09. The number of hydrogen-bond acceptors (Lipinski definition) is 2. The third-order valence-corrected chi connectivity index (χ3v) is 2.97. The minimum Gasteiger partial charge on any atom is -0.359 e. The van der Waals surface area contributed by atoms with E-state index in [4.69, 9.17) is 0 Å². The largest absolute Gasteiger partial charge is 0.359 e. The van der Waals surface area contributed by atoms with Gasteiger partial charge >= 0.3 is 0 Å². The lowest BCUT2D eigenvalue weighted by Crippen LogP contribution is -2.48. The predicted octanol–water partition coefficient (Wildman–Crippen LogP) is 1.02. The highest BCUT2D eigenvalue weighted by Crippen LogP contribution is 2.23. The molecular formula is C12H22N2O2. The number of hydrogen-bond donors (Lipinski definition) is 1. The maximum atomic E-state index is 12.1. The van der Waals surface area contributed by atoms with Gasteiger partial charge < -0.3 is 10.2 Å². The van der Waals surface area contributed by atoms with Gasteiger partial charge in [0, 0.05) is 25.6 Å². The van der Waals surface area contributed by atoms with Gasteiger partial charge in [0.2, 0.25) is 11.8 Å². The third kappa shape index (κ3) is 2.97. The molecule has 1 saturated heterocycles. The Labute approximate surface area is 97.4 Å². The second-order valence-electron chi connectivity index (χ2n) is 5.45. The standard InChI is InChI=1S/C12H22N2O2/c1-12(2,3)11(16)14-7-5-6-9(8-14)10(15)13-4/h9H,5-8H2,1-4H3,(H,13,15)/t9-/m0/s1. The molecule has 0 bridgehead atoms. The van der Waals surface area contributed by atoms with Crippen LogP contribution in [0.3, 0.4) is 0 Å². The molecule has 1 aliphatic rings. The van der Waals surface area contributed by atoms with Gasteiger partial charge in [-0.2, -0.15) is 0 Å². The number of carbonyl (C=O) groups excluding carboxylic acids is 2. The minimum atomic E-state index is -0.357. The lowest BCUT2D eigenvalue weighted by molar-refractivity contribution is -0.142. The van der Waals surface area contributed by atoms with E-state index in [2.05, 4.69) is 5.32 Å². The van der Waals surface area contributed by atoms with Gasteiger partial charge in [-0.05, 0) is 12.8 Å². The number of likely N-dealkylation sites (tertiary alicyclic amines) is 1. The molecule has 0 aromatic carbocycles. The highest BCUT2D eigenvalue weighted by molar-refractivity contribution is 5.83. The zero-order valence-electron chi connectivity index (χ0n) is 10.7. The number of carbonyl (C=O) groups is 2. The van der Waals surface area contributed by atoms with Crippen LogP contribution in [0.1, 0.15) is 33.6 Å². The van der Waals surface area contributed by atoms with Crippen LogP contribution in [-0.4, -0.2) is 36.9 Å². The van der Waals surface area contributed by atoms with E-state index in [0.717, 1.165) is 19.4 Å². The first-order chi connectivity index (χ1) is 7.36. The molecule has 1 heterocycles. The van der Waals surface area contributed by atoms with Crippen molar-refractivity contribution in [1.29, 1.82) is 0 Å². The average molecular weight is 226 g/mol. The fourth-order valence-electron chi connectivity index (χ4n) is 2.05. The molecule has 0 aromatic rings. The summed E-state index contributed by atoms with van der Waals surface area (Å²) in [5, 5.41) is 2.66. The molecule has 16 heavy (non-hydrogen) atoms. The van der Waals surface area contributed by atoms with Crippen molar-refractivity contribution in [3.8, 4) is 0 Å². The van der Waals surface area contributed by atoms with E-state index in [1.807, 2.05) is 25.7 Å². The molecule has 1 atom stereocenters. The molecule has 0 spiro atoms. The fourth-order valence-corrected chi connectivity index (χ4v) is 2.05. The molecule has 0 saturated carbocycles. The number of rotatable bonds is 1. The third-order valence-electron chi connectivity index (χ3n) is 2.97. The molecule has 4 nitrogen and oxygen atoms in total. The Morgan fingerprint density at radius 1 is 1.31 bits per heavy atom. The molecule has 92 valence electrons. The summed E-state index contributed by atoms with van der Waals surface area (Å²) in [6, 6.07) is 0. The first-order valence-electron chi connectivity index (χ1n) is 5.87. The van der Waals surface area contributed by atoms with Crippen molar-refractivity contribution in [2.24, 2.45) is 11.3 Å². The number of nitrogens with zero attached hydrogens (tertiary/aromatic N) is 1. The molecule has 1 aliphatic heterocycles. The van der Waals surface area contributed by atoms with Gasteiger partial charge in [-0.15, -0.1) is 0 Å². The highest BCUT2D eigenvalue weighted by atomic mass is 16.2. The molecule has 0 aliphatic carbocycles. The van der Waals surface area contributed by atoms with Gasteiger partial charge in [-0.3, -0.25) is 9.59 Å². The molecule has 2 amide bonds. The Morgan fingerprint density at radius 3 is 2.44 bits per heavy atom. The molecule has 1 N–H and O–H groups in total. The van der Waals surface area contributed by atoms with Gasteiger partial charge in [-0.25, -0.2) is 0 Å². The van der Waals surface area contributed by atoms with Crippen molar-refractivity contribution in [1.82, 2.24) is 10.2 Å². The average Bonchev–Trinajstić information content (AvgIpc) is 2.26. The lowest BCUT2D eigenvalue weighted by atomic mass is 9.91. The van der Waals surface area contributed by atoms with E-state index in [9.17, 15) is 9.59 Å². The summed E-state index contributed by atoms with van der Waals surface area (Å²) < 4.78 is 0. The lowest BCUT2D eigenvalue weighted by Gasteiger charge is -2.35. The fraction of sp³-hybridized carbons (Fsp3) is 0.833. The summed E-state index contributed by atoms with van der Waals surface area (Å²) in [5.41, 5.74) is -0.357. The van der Waals surface area contributed by atoms with Gasteiger partial charge in [-0.1, -0.05) is 20.8 Å². The summed E-state index contributed by atoms with van der Waals surface area (Å²) in [4.78, 5) is 25.4. The quantitative estimate of drug-likeness (QED) is 0.725. The Balaban J connectivity index is 2.64. The Bertz CT molecular complexity index is 281. The maximum Gasteiger partial charge on any atom is 0.227 e. The van der Waals surface area contributed by atoms with Crippen molar-refractivity contribution < 1.29 is 9.59 Å². The van der Waals surface area contributed by atoms with E-state index in [1.54, 1.807) is 7.05 Å². The van der Waals surface area contributed by atoms with Gasteiger partial charge in [0.15, 0.2) is 0 Å². The Hall–Kier alpha value is -1.06. The van der Waals surface area contributed by atoms with E-state index in [0.29, 0.717) is 6.54 Å². The monoisotopic (exact) mass is 226 g/mol.